The fourth-order valence-corrected chi connectivity index (χ4v) is 2.50. The first kappa shape index (κ1) is 18.5. The molecule has 0 saturated heterocycles. The van der Waals surface area contributed by atoms with Gasteiger partial charge in [0, 0.05) is 12.0 Å². The number of carbonyl (C=O) groups excluding carboxylic acids is 1. The van der Waals surface area contributed by atoms with E-state index in [-0.39, 0.29) is 29.8 Å². The lowest BCUT2D eigenvalue weighted by molar-refractivity contribution is 0.102. The third-order valence-corrected chi connectivity index (χ3v) is 4.19. The molecule has 0 aliphatic rings. The van der Waals surface area contributed by atoms with Crippen LogP contribution in [0.4, 0.5) is 10.8 Å². The highest BCUT2D eigenvalue weighted by atomic mass is 35.5. The lowest BCUT2D eigenvalue weighted by Gasteiger charge is -2.09. The summed E-state index contributed by atoms with van der Waals surface area (Å²) in [6.07, 6.45) is 0. The van der Waals surface area contributed by atoms with Crippen LogP contribution in [0.15, 0.2) is 12.1 Å². The summed E-state index contributed by atoms with van der Waals surface area (Å²) in [6, 6.07) is 2.98. The Morgan fingerprint density at radius 3 is 2.64 bits per heavy atom. The van der Waals surface area contributed by atoms with Crippen LogP contribution >= 0.6 is 35.3 Å². The average molecular weight is 363 g/mol. The van der Waals surface area contributed by atoms with E-state index in [4.69, 9.17) is 22.1 Å². The summed E-state index contributed by atoms with van der Waals surface area (Å²) in [4.78, 5) is 12.3. The molecule has 2 rings (SSSR count). The van der Waals surface area contributed by atoms with Crippen molar-refractivity contribution in [2.24, 2.45) is 0 Å². The van der Waals surface area contributed by atoms with Crippen molar-refractivity contribution in [3.8, 4) is 5.75 Å². The van der Waals surface area contributed by atoms with Gasteiger partial charge in [0.1, 0.15) is 10.8 Å². The minimum Gasteiger partial charge on any atom is -0.496 e. The minimum absolute atomic E-state index is 0. The zero-order valence-corrected chi connectivity index (χ0v) is 14.6. The number of nitrogens with one attached hydrogen (secondary N) is 1. The molecule has 0 aliphatic heterocycles. The molecule has 120 valence electrons. The van der Waals surface area contributed by atoms with Crippen molar-refractivity contribution >= 4 is 52.1 Å². The van der Waals surface area contributed by atoms with Crippen molar-refractivity contribution < 1.29 is 9.53 Å². The van der Waals surface area contributed by atoms with Crippen molar-refractivity contribution in [2.45, 2.75) is 19.8 Å². The first-order valence-corrected chi connectivity index (χ1v) is 7.39. The molecule has 0 spiro atoms. The molecule has 1 amide bonds. The molecule has 0 atom stereocenters. The van der Waals surface area contributed by atoms with Crippen molar-refractivity contribution in [1.29, 1.82) is 0 Å². The third-order valence-electron chi connectivity index (χ3n) is 2.72. The third kappa shape index (κ3) is 4.00. The topological polar surface area (TPSA) is 90.1 Å². The van der Waals surface area contributed by atoms with E-state index in [0.29, 0.717) is 21.6 Å². The van der Waals surface area contributed by atoms with Gasteiger partial charge in [-0.3, -0.25) is 10.1 Å². The normalized spacial score (nSPS) is 10.2. The SMILES string of the molecule is COc1cc(N)c(Cl)cc1C(=O)Nc1nnc(C(C)C)s1.Cl. The Kier molecular flexibility index (Phi) is 6.40. The number of halogens is 2. The molecular weight excluding hydrogens is 347 g/mol. The summed E-state index contributed by atoms with van der Waals surface area (Å²) in [5.41, 5.74) is 6.33. The number of benzene rings is 1. The maximum atomic E-state index is 12.3. The van der Waals surface area contributed by atoms with E-state index in [9.17, 15) is 4.79 Å². The van der Waals surface area contributed by atoms with Crippen LogP contribution in [0, 0.1) is 0 Å². The molecule has 1 aromatic heterocycles. The van der Waals surface area contributed by atoms with Gasteiger partial charge in [-0.25, -0.2) is 0 Å². The van der Waals surface area contributed by atoms with E-state index < -0.39 is 0 Å². The maximum absolute atomic E-state index is 12.3. The predicted octanol–water partition coefficient (Wildman–Crippen LogP) is 3.58. The summed E-state index contributed by atoms with van der Waals surface area (Å²) >= 11 is 7.28. The Hall–Kier alpha value is -1.57. The van der Waals surface area contributed by atoms with E-state index in [1.165, 1.54) is 30.6 Å². The molecule has 1 aromatic carbocycles. The minimum atomic E-state index is -0.375. The van der Waals surface area contributed by atoms with Gasteiger partial charge in [-0.1, -0.05) is 36.8 Å². The molecule has 1 heterocycles. The highest BCUT2D eigenvalue weighted by molar-refractivity contribution is 7.15. The Morgan fingerprint density at radius 1 is 1.41 bits per heavy atom. The number of ether oxygens (including phenoxy) is 1. The van der Waals surface area contributed by atoms with Crippen LogP contribution in [0.3, 0.4) is 0 Å². The molecule has 0 fully saturated rings. The number of nitrogens with zero attached hydrogens (tertiary/aromatic N) is 2. The number of methoxy groups -OCH3 is 1. The van der Waals surface area contributed by atoms with Crippen LogP contribution in [-0.4, -0.2) is 23.2 Å². The monoisotopic (exact) mass is 362 g/mol. The van der Waals surface area contributed by atoms with Crippen LogP contribution in [0.5, 0.6) is 5.75 Å². The van der Waals surface area contributed by atoms with Crippen LogP contribution in [-0.2, 0) is 0 Å². The van der Waals surface area contributed by atoms with Crippen LogP contribution < -0.4 is 15.8 Å². The molecule has 0 bridgehead atoms. The number of anilines is 2. The average Bonchev–Trinajstić information content (AvgIpc) is 2.89. The number of carbonyl (C=O) groups is 1. The van der Waals surface area contributed by atoms with Gasteiger partial charge in [0.05, 0.1) is 23.4 Å². The first-order valence-electron chi connectivity index (χ1n) is 6.20. The largest absolute Gasteiger partial charge is 0.496 e. The summed E-state index contributed by atoms with van der Waals surface area (Å²) in [7, 11) is 1.46. The van der Waals surface area contributed by atoms with Crippen molar-refractivity contribution in [2.75, 3.05) is 18.2 Å². The summed E-state index contributed by atoms with van der Waals surface area (Å²) in [5.74, 6) is 0.233. The Balaban J connectivity index is 0.00000242. The molecule has 0 saturated carbocycles. The van der Waals surface area contributed by atoms with E-state index in [1.807, 2.05) is 13.8 Å². The Labute approximate surface area is 143 Å². The van der Waals surface area contributed by atoms with Crippen molar-refractivity contribution in [1.82, 2.24) is 10.2 Å². The van der Waals surface area contributed by atoms with Gasteiger partial charge < -0.3 is 10.5 Å². The quantitative estimate of drug-likeness (QED) is 0.811. The number of hydrogen-bond donors (Lipinski definition) is 2. The molecule has 9 heteroatoms. The van der Waals surface area contributed by atoms with Crippen molar-refractivity contribution in [3.05, 3.63) is 27.7 Å². The zero-order chi connectivity index (χ0) is 15.6. The second kappa shape index (κ2) is 7.62. The molecule has 0 aliphatic carbocycles. The zero-order valence-electron chi connectivity index (χ0n) is 12.2. The maximum Gasteiger partial charge on any atom is 0.261 e. The fraction of sp³-hybridized carbons (Fsp3) is 0.308. The van der Waals surface area contributed by atoms with Gasteiger partial charge >= 0.3 is 0 Å². The Morgan fingerprint density at radius 2 is 2.09 bits per heavy atom. The van der Waals surface area contributed by atoms with Gasteiger partial charge in [0.2, 0.25) is 5.13 Å². The summed E-state index contributed by atoms with van der Waals surface area (Å²) in [5, 5.41) is 12.2. The highest BCUT2D eigenvalue weighted by Gasteiger charge is 2.17. The number of hydrogen-bond acceptors (Lipinski definition) is 6. The van der Waals surface area contributed by atoms with Crippen molar-refractivity contribution in [3.63, 3.8) is 0 Å². The molecule has 6 nitrogen and oxygen atoms in total. The van der Waals surface area contributed by atoms with Gasteiger partial charge in [0.15, 0.2) is 0 Å². The lowest BCUT2D eigenvalue weighted by atomic mass is 10.1. The van der Waals surface area contributed by atoms with E-state index >= 15 is 0 Å². The summed E-state index contributed by atoms with van der Waals surface area (Å²) in [6.45, 7) is 4.02. The first-order chi connectivity index (χ1) is 9.92. The van der Waals surface area contributed by atoms with Crippen LogP contribution in [0.1, 0.15) is 35.1 Å². The van der Waals surface area contributed by atoms with Gasteiger partial charge in [0.25, 0.3) is 5.91 Å². The lowest BCUT2D eigenvalue weighted by Crippen LogP contribution is -2.13. The molecule has 22 heavy (non-hydrogen) atoms. The van der Waals surface area contributed by atoms with E-state index in [1.54, 1.807) is 0 Å². The van der Waals surface area contributed by atoms with E-state index in [2.05, 4.69) is 15.5 Å². The molecule has 0 unspecified atom stereocenters. The standard InChI is InChI=1S/C13H15ClN4O2S.ClH/c1-6(2)12-17-18-13(21-12)16-11(19)7-4-8(14)9(15)5-10(7)20-3;/h4-6H,15H2,1-3H3,(H,16,18,19);1H. The molecular formula is C13H16Cl2N4O2S. The Bertz CT molecular complexity index is 676. The molecule has 0 radical (unpaired) electrons. The van der Waals surface area contributed by atoms with Crippen LogP contribution in [0.2, 0.25) is 5.02 Å². The fourth-order valence-electron chi connectivity index (χ4n) is 1.60. The van der Waals surface area contributed by atoms with Gasteiger partial charge in [-0.15, -0.1) is 22.6 Å². The molecule has 2 aromatic rings. The van der Waals surface area contributed by atoms with E-state index in [0.717, 1.165) is 5.01 Å². The number of amides is 1. The second-order valence-corrected chi connectivity index (χ2v) is 6.04. The smallest absolute Gasteiger partial charge is 0.261 e. The number of nitrogens with two attached hydrogens (primary N) is 1. The predicted molar refractivity (Wildman–Crippen MR) is 91.6 cm³/mol. The number of rotatable bonds is 4. The number of aromatic nitrogens is 2. The number of nitrogen functional groups attached to an aromatic ring is 1. The highest BCUT2D eigenvalue weighted by Crippen LogP contribution is 2.30. The van der Waals surface area contributed by atoms with Crippen LogP contribution in [0.25, 0.3) is 0 Å². The second-order valence-electron chi connectivity index (χ2n) is 4.63. The van der Waals surface area contributed by atoms with Gasteiger partial charge in [-0.05, 0) is 6.07 Å². The summed E-state index contributed by atoms with van der Waals surface area (Å²) < 4.78 is 5.15. The molecule has 3 N–H and O–H groups in total. The van der Waals surface area contributed by atoms with Gasteiger partial charge in [-0.2, -0.15) is 0 Å².